The second-order valence-corrected chi connectivity index (χ2v) is 9.79. The summed E-state index contributed by atoms with van der Waals surface area (Å²) >= 11 is 0. The van der Waals surface area contributed by atoms with Crippen LogP contribution in [0.4, 0.5) is 0 Å². The van der Waals surface area contributed by atoms with Crippen molar-refractivity contribution in [1.82, 2.24) is 10.0 Å². The molecule has 162 valence electrons. The Labute approximate surface area is 173 Å². The van der Waals surface area contributed by atoms with Gasteiger partial charge in [0.2, 0.25) is 10.0 Å². The largest absolute Gasteiger partial charge is 0.451 e. The van der Waals surface area contributed by atoms with Crippen molar-refractivity contribution in [2.24, 2.45) is 5.92 Å². The van der Waals surface area contributed by atoms with E-state index in [4.69, 9.17) is 4.74 Å². The summed E-state index contributed by atoms with van der Waals surface area (Å²) in [5, 5.41) is 2.92. The smallest absolute Gasteiger partial charge is 0.325 e. The summed E-state index contributed by atoms with van der Waals surface area (Å²) in [6.45, 7) is 6.80. The van der Waals surface area contributed by atoms with Gasteiger partial charge in [-0.3, -0.25) is 9.59 Å². The Hall–Kier alpha value is -1.93. The van der Waals surface area contributed by atoms with E-state index in [1.165, 1.54) is 25.5 Å². The lowest BCUT2D eigenvalue weighted by Gasteiger charge is -2.26. The van der Waals surface area contributed by atoms with Crippen LogP contribution in [-0.2, 0) is 24.3 Å². The Balaban J connectivity index is 2.00. The fourth-order valence-electron chi connectivity index (χ4n) is 3.28. The van der Waals surface area contributed by atoms with Crippen molar-refractivity contribution in [1.29, 1.82) is 0 Å². The average molecular weight is 425 g/mol. The van der Waals surface area contributed by atoms with Gasteiger partial charge in [0.25, 0.3) is 5.91 Å². The number of rotatable bonds is 8. The molecule has 1 fully saturated rings. The molecule has 0 spiro atoms. The third kappa shape index (κ3) is 6.82. The maximum absolute atomic E-state index is 12.6. The van der Waals surface area contributed by atoms with Crippen molar-refractivity contribution >= 4 is 21.9 Å². The van der Waals surface area contributed by atoms with Crippen molar-refractivity contribution < 1.29 is 22.7 Å². The third-order valence-electron chi connectivity index (χ3n) is 5.15. The minimum Gasteiger partial charge on any atom is -0.451 e. The molecule has 1 aromatic rings. The number of carbonyl (C=O) groups excluding carboxylic acids is 2. The lowest BCUT2D eigenvalue weighted by atomic mass is 9.95. The van der Waals surface area contributed by atoms with E-state index in [1.54, 1.807) is 26.0 Å². The molecule has 0 bridgehead atoms. The highest BCUT2D eigenvalue weighted by Gasteiger charge is 2.32. The summed E-state index contributed by atoms with van der Waals surface area (Å²) in [4.78, 5) is 25.1. The van der Waals surface area contributed by atoms with Gasteiger partial charge >= 0.3 is 5.97 Å². The first-order valence-electron chi connectivity index (χ1n) is 10.2. The van der Waals surface area contributed by atoms with Crippen molar-refractivity contribution in [3.8, 4) is 0 Å². The van der Waals surface area contributed by atoms with Crippen LogP contribution >= 0.6 is 0 Å². The molecular weight excluding hydrogens is 392 g/mol. The van der Waals surface area contributed by atoms with Crippen LogP contribution in [-0.4, -0.2) is 38.5 Å². The maximum Gasteiger partial charge on any atom is 0.325 e. The van der Waals surface area contributed by atoms with Crippen LogP contribution in [0.5, 0.6) is 0 Å². The SMILES string of the molecule is Cc1ccc(S(=O)(=O)N[C@H](C(=O)O[C@H](C)C(=O)NC2CCCCC2)C(C)C)cc1. The molecule has 1 amide bonds. The number of amides is 1. The molecule has 2 N–H and O–H groups in total. The molecular formula is C21H32N2O5S. The van der Waals surface area contributed by atoms with Crippen LogP contribution in [0.15, 0.2) is 29.2 Å². The van der Waals surface area contributed by atoms with Gasteiger partial charge in [-0.1, -0.05) is 50.8 Å². The van der Waals surface area contributed by atoms with Gasteiger partial charge in [0.05, 0.1) is 4.90 Å². The van der Waals surface area contributed by atoms with E-state index in [2.05, 4.69) is 10.0 Å². The zero-order valence-corrected chi connectivity index (χ0v) is 18.4. The van der Waals surface area contributed by atoms with E-state index in [-0.39, 0.29) is 22.8 Å². The molecule has 1 aromatic carbocycles. The molecule has 0 unspecified atom stereocenters. The molecule has 0 radical (unpaired) electrons. The summed E-state index contributed by atoms with van der Waals surface area (Å²) in [5.74, 6) is -1.47. The van der Waals surface area contributed by atoms with E-state index < -0.39 is 28.1 Å². The molecule has 0 aromatic heterocycles. The number of nitrogens with one attached hydrogen (secondary N) is 2. The normalized spacial score (nSPS) is 17.6. The predicted molar refractivity (Wildman–Crippen MR) is 111 cm³/mol. The van der Waals surface area contributed by atoms with Crippen LogP contribution in [0.25, 0.3) is 0 Å². The molecule has 29 heavy (non-hydrogen) atoms. The Bertz CT molecular complexity index is 799. The third-order valence-corrected chi connectivity index (χ3v) is 6.60. The van der Waals surface area contributed by atoms with E-state index >= 15 is 0 Å². The fourth-order valence-corrected chi connectivity index (χ4v) is 4.61. The quantitative estimate of drug-likeness (QED) is 0.625. The molecule has 7 nitrogen and oxygen atoms in total. The van der Waals surface area contributed by atoms with E-state index in [9.17, 15) is 18.0 Å². The number of ether oxygens (including phenoxy) is 1. The van der Waals surface area contributed by atoms with E-state index in [0.29, 0.717) is 0 Å². The minimum atomic E-state index is -3.90. The van der Waals surface area contributed by atoms with E-state index in [1.807, 2.05) is 6.92 Å². The van der Waals surface area contributed by atoms with Crippen molar-refractivity contribution in [2.45, 2.75) is 82.9 Å². The van der Waals surface area contributed by atoms with Gasteiger partial charge < -0.3 is 10.1 Å². The molecule has 1 aliphatic rings. The minimum absolute atomic E-state index is 0.0737. The summed E-state index contributed by atoms with van der Waals surface area (Å²) < 4.78 is 33.0. The highest BCUT2D eigenvalue weighted by molar-refractivity contribution is 7.89. The fraction of sp³-hybridized carbons (Fsp3) is 0.619. The maximum atomic E-state index is 12.6. The molecule has 2 rings (SSSR count). The molecule has 8 heteroatoms. The summed E-state index contributed by atoms with van der Waals surface area (Å²) in [6.07, 6.45) is 4.20. The van der Waals surface area contributed by atoms with E-state index in [0.717, 1.165) is 31.2 Å². The number of esters is 1. The van der Waals surface area contributed by atoms with Gasteiger partial charge in [0.15, 0.2) is 6.10 Å². The van der Waals surface area contributed by atoms with Gasteiger partial charge in [-0.05, 0) is 44.7 Å². The van der Waals surface area contributed by atoms with Crippen LogP contribution < -0.4 is 10.0 Å². The second kappa shape index (κ2) is 10.2. The summed E-state index contributed by atoms with van der Waals surface area (Å²) in [7, 11) is -3.90. The van der Waals surface area contributed by atoms with Crippen molar-refractivity contribution in [3.63, 3.8) is 0 Å². The first-order valence-corrected chi connectivity index (χ1v) is 11.7. The van der Waals surface area contributed by atoms with Gasteiger partial charge in [0, 0.05) is 6.04 Å². The lowest BCUT2D eigenvalue weighted by molar-refractivity contribution is -0.157. The van der Waals surface area contributed by atoms with Crippen LogP contribution in [0.2, 0.25) is 0 Å². The number of carbonyl (C=O) groups is 2. The van der Waals surface area contributed by atoms with Crippen molar-refractivity contribution in [3.05, 3.63) is 29.8 Å². The molecule has 1 saturated carbocycles. The summed E-state index contributed by atoms with van der Waals surface area (Å²) in [5.41, 5.74) is 0.932. The first-order chi connectivity index (χ1) is 13.6. The van der Waals surface area contributed by atoms with Crippen LogP contribution in [0.3, 0.4) is 0 Å². The molecule has 0 saturated heterocycles. The van der Waals surface area contributed by atoms with Crippen LogP contribution in [0, 0.1) is 12.8 Å². The molecule has 2 atom stereocenters. The number of hydrogen-bond donors (Lipinski definition) is 2. The topological polar surface area (TPSA) is 102 Å². The number of benzene rings is 1. The second-order valence-electron chi connectivity index (χ2n) is 8.08. The lowest BCUT2D eigenvalue weighted by Crippen LogP contribution is -2.48. The Morgan fingerprint density at radius 3 is 2.17 bits per heavy atom. The Morgan fingerprint density at radius 2 is 1.62 bits per heavy atom. The van der Waals surface area contributed by atoms with Gasteiger partial charge in [-0.15, -0.1) is 0 Å². The number of aryl methyl sites for hydroxylation is 1. The van der Waals surface area contributed by atoms with Gasteiger partial charge in [0.1, 0.15) is 6.04 Å². The molecule has 0 aliphatic heterocycles. The number of hydrogen-bond acceptors (Lipinski definition) is 5. The molecule has 0 heterocycles. The highest BCUT2D eigenvalue weighted by atomic mass is 32.2. The molecule has 1 aliphatic carbocycles. The zero-order valence-electron chi connectivity index (χ0n) is 17.6. The number of sulfonamides is 1. The Morgan fingerprint density at radius 1 is 1.03 bits per heavy atom. The van der Waals surface area contributed by atoms with Gasteiger partial charge in [-0.25, -0.2) is 8.42 Å². The monoisotopic (exact) mass is 424 g/mol. The first kappa shape index (κ1) is 23.3. The standard InChI is InChI=1S/C21H32N2O5S/c1-14(2)19(23-29(26,27)18-12-10-15(3)11-13-18)21(25)28-16(4)20(24)22-17-8-6-5-7-9-17/h10-14,16-17,19,23H,5-9H2,1-4H3,(H,22,24)/t16-,19+/m1/s1. The highest BCUT2D eigenvalue weighted by Crippen LogP contribution is 2.18. The summed E-state index contributed by atoms with van der Waals surface area (Å²) in [6, 6.07) is 5.37. The average Bonchev–Trinajstić information content (AvgIpc) is 2.67. The van der Waals surface area contributed by atoms with Gasteiger partial charge in [-0.2, -0.15) is 4.72 Å². The van der Waals surface area contributed by atoms with Crippen molar-refractivity contribution in [2.75, 3.05) is 0 Å². The predicted octanol–water partition coefficient (Wildman–Crippen LogP) is 2.68. The zero-order chi connectivity index (χ0) is 21.6. The Kier molecular flexibility index (Phi) is 8.22. The van der Waals surface area contributed by atoms with Crippen LogP contribution in [0.1, 0.15) is 58.4 Å².